The van der Waals surface area contributed by atoms with Crippen molar-refractivity contribution in [3.63, 3.8) is 0 Å². The van der Waals surface area contributed by atoms with Gasteiger partial charge in [0.2, 0.25) is 0 Å². The molecule has 0 spiro atoms. The van der Waals surface area contributed by atoms with Crippen LogP contribution in [0.4, 0.5) is 0 Å². The standard InChI is InChI=1S/C47H95NO20/c1-47(4-2-3-5-47)46-68-45-44-67-43-42-66-41-40-65-39-38-64-37-36-63-35-34-62-33-32-61-31-30-60-29-28-59-27-26-58-25-24-57-23-22-56-21-20-55-19-18-54-17-16-53-15-14-52-13-12-51-11-10-50-9-8-49-7-6-48/h2-46,48H2,1H3. The van der Waals surface area contributed by atoms with Gasteiger partial charge in [0.25, 0.3) is 0 Å². The third-order valence-corrected chi connectivity index (χ3v) is 9.59. The fourth-order valence-corrected chi connectivity index (χ4v) is 5.95. The Kier molecular flexibility index (Phi) is 54.7. The van der Waals surface area contributed by atoms with Gasteiger partial charge in [0.15, 0.2) is 0 Å². The second kappa shape index (κ2) is 57.1. The number of rotatable bonds is 61. The van der Waals surface area contributed by atoms with E-state index in [4.69, 9.17) is 100 Å². The first-order chi connectivity index (χ1) is 33.8. The summed E-state index contributed by atoms with van der Waals surface area (Å²) in [5.74, 6) is 0. The molecule has 408 valence electrons. The van der Waals surface area contributed by atoms with Gasteiger partial charge in [-0.15, -0.1) is 0 Å². The van der Waals surface area contributed by atoms with Crippen LogP contribution < -0.4 is 5.73 Å². The summed E-state index contributed by atoms with van der Waals surface area (Å²) in [5, 5.41) is 0. The Morgan fingerprint density at radius 1 is 0.221 bits per heavy atom. The molecule has 0 amide bonds. The fourth-order valence-electron chi connectivity index (χ4n) is 5.95. The van der Waals surface area contributed by atoms with Crippen LogP contribution in [0.1, 0.15) is 32.6 Å². The molecule has 68 heavy (non-hydrogen) atoms. The largest absolute Gasteiger partial charge is 0.378 e. The monoisotopic (exact) mass is 994 g/mol. The van der Waals surface area contributed by atoms with Gasteiger partial charge in [-0.1, -0.05) is 19.8 Å². The molecule has 0 atom stereocenters. The lowest BCUT2D eigenvalue weighted by Gasteiger charge is -2.22. The first-order valence-corrected chi connectivity index (χ1v) is 25.0. The first kappa shape index (κ1) is 65.2. The van der Waals surface area contributed by atoms with Gasteiger partial charge in [0.1, 0.15) is 0 Å². The van der Waals surface area contributed by atoms with Gasteiger partial charge in [0, 0.05) is 6.54 Å². The van der Waals surface area contributed by atoms with Crippen LogP contribution in [0.3, 0.4) is 0 Å². The molecule has 1 aliphatic carbocycles. The van der Waals surface area contributed by atoms with Crippen LogP contribution in [0.25, 0.3) is 0 Å². The normalized spacial score (nSPS) is 13.7. The molecular formula is C47H95NO20. The molecule has 0 radical (unpaired) electrons. The van der Waals surface area contributed by atoms with Gasteiger partial charge < -0.3 is 100 Å². The number of hydrogen-bond donors (Lipinski definition) is 1. The molecule has 21 heteroatoms. The van der Waals surface area contributed by atoms with E-state index in [9.17, 15) is 0 Å². The molecular weight excluding hydrogens is 899 g/mol. The second-order valence-corrected chi connectivity index (χ2v) is 15.5. The molecule has 1 aliphatic rings. The maximum Gasteiger partial charge on any atom is 0.0701 e. The minimum absolute atomic E-state index is 0.369. The highest BCUT2D eigenvalue weighted by atomic mass is 16.6. The Morgan fingerprint density at radius 2 is 0.353 bits per heavy atom. The molecule has 0 unspecified atom stereocenters. The maximum atomic E-state index is 5.78. The predicted octanol–water partition coefficient (Wildman–Crippen LogP) is 1.86. The fraction of sp³-hybridized carbons (Fsp3) is 1.00. The average Bonchev–Trinajstić information content (AvgIpc) is 3.79. The van der Waals surface area contributed by atoms with E-state index in [0.29, 0.717) is 270 Å². The minimum Gasteiger partial charge on any atom is -0.378 e. The van der Waals surface area contributed by atoms with Crippen molar-refractivity contribution in [3.8, 4) is 0 Å². The van der Waals surface area contributed by atoms with Crippen molar-refractivity contribution in [2.75, 3.05) is 271 Å². The smallest absolute Gasteiger partial charge is 0.0701 e. The maximum absolute atomic E-state index is 5.78. The molecule has 0 bridgehead atoms. The van der Waals surface area contributed by atoms with E-state index in [1.165, 1.54) is 25.7 Å². The second-order valence-electron chi connectivity index (χ2n) is 15.5. The molecule has 0 aromatic heterocycles. The topological polar surface area (TPSA) is 211 Å². The lowest BCUT2D eigenvalue weighted by molar-refractivity contribution is -0.0317. The zero-order valence-corrected chi connectivity index (χ0v) is 42.1. The van der Waals surface area contributed by atoms with Crippen molar-refractivity contribution >= 4 is 0 Å². The van der Waals surface area contributed by atoms with Crippen LogP contribution in [0.15, 0.2) is 0 Å². The van der Waals surface area contributed by atoms with E-state index in [0.717, 1.165) is 6.61 Å². The van der Waals surface area contributed by atoms with E-state index in [-0.39, 0.29) is 0 Å². The number of nitrogens with two attached hydrogens (primary N) is 1. The summed E-state index contributed by atoms with van der Waals surface area (Å²) in [6.07, 6.45) is 5.20. The predicted molar refractivity (Wildman–Crippen MR) is 252 cm³/mol. The summed E-state index contributed by atoms with van der Waals surface area (Å²) >= 11 is 0. The Hall–Kier alpha value is -0.840. The molecule has 21 nitrogen and oxygen atoms in total. The van der Waals surface area contributed by atoms with E-state index >= 15 is 0 Å². The van der Waals surface area contributed by atoms with E-state index in [1.807, 2.05) is 0 Å². The summed E-state index contributed by atoms with van der Waals surface area (Å²) in [7, 11) is 0. The van der Waals surface area contributed by atoms with Crippen molar-refractivity contribution in [2.24, 2.45) is 11.1 Å². The van der Waals surface area contributed by atoms with Crippen LogP contribution in [-0.2, 0) is 94.7 Å². The number of ether oxygens (including phenoxy) is 20. The van der Waals surface area contributed by atoms with Crippen LogP contribution >= 0.6 is 0 Å². The summed E-state index contributed by atoms with van der Waals surface area (Å²) in [5.41, 5.74) is 5.71. The summed E-state index contributed by atoms with van der Waals surface area (Å²) in [6, 6.07) is 0. The molecule has 2 N–H and O–H groups in total. The third-order valence-electron chi connectivity index (χ3n) is 9.59. The third kappa shape index (κ3) is 53.0. The lowest BCUT2D eigenvalue weighted by atomic mass is 9.90. The van der Waals surface area contributed by atoms with Crippen LogP contribution in [0.5, 0.6) is 0 Å². The summed E-state index contributed by atoms with van der Waals surface area (Å²) in [4.78, 5) is 0. The van der Waals surface area contributed by atoms with Gasteiger partial charge in [-0.05, 0) is 18.3 Å². The molecule has 0 aromatic carbocycles. The molecule has 0 saturated heterocycles. The first-order valence-electron chi connectivity index (χ1n) is 25.0. The Balaban J connectivity index is 1.58. The van der Waals surface area contributed by atoms with Crippen LogP contribution in [0, 0.1) is 5.41 Å². The zero-order chi connectivity index (χ0) is 48.5. The molecule has 0 aliphatic heterocycles. The van der Waals surface area contributed by atoms with Gasteiger partial charge in [-0.25, -0.2) is 0 Å². The molecule has 1 rings (SSSR count). The molecule has 1 saturated carbocycles. The summed E-state index contributed by atoms with van der Waals surface area (Å²) < 4.78 is 110. The van der Waals surface area contributed by atoms with E-state index < -0.39 is 0 Å². The highest BCUT2D eigenvalue weighted by Gasteiger charge is 2.28. The SMILES string of the molecule is CC1(COCCOCCOCCOCCOCCOCCOCCOCCOCCOCCOCCOCCOCCOCCOCCOCCOCCOCCOCCOCCN)CCCC1. The van der Waals surface area contributed by atoms with Crippen molar-refractivity contribution in [2.45, 2.75) is 32.6 Å². The van der Waals surface area contributed by atoms with Gasteiger partial charge in [0.05, 0.1) is 264 Å². The summed E-state index contributed by atoms with van der Waals surface area (Å²) in [6.45, 7) is 23.8. The zero-order valence-electron chi connectivity index (χ0n) is 42.1. The van der Waals surface area contributed by atoms with E-state index in [1.54, 1.807) is 0 Å². The van der Waals surface area contributed by atoms with Crippen molar-refractivity contribution in [1.82, 2.24) is 0 Å². The Labute approximate surface area is 408 Å². The number of hydrogen-bond acceptors (Lipinski definition) is 21. The van der Waals surface area contributed by atoms with E-state index in [2.05, 4.69) is 6.92 Å². The van der Waals surface area contributed by atoms with Crippen molar-refractivity contribution in [1.29, 1.82) is 0 Å². The van der Waals surface area contributed by atoms with Gasteiger partial charge >= 0.3 is 0 Å². The Morgan fingerprint density at radius 3 is 0.500 bits per heavy atom. The average molecular weight is 994 g/mol. The lowest BCUT2D eigenvalue weighted by Crippen LogP contribution is -2.21. The van der Waals surface area contributed by atoms with Gasteiger partial charge in [-0.3, -0.25) is 0 Å². The van der Waals surface area contributed by atoms with Crippen LogP contribution in [0.2, 0.25) is 0 Å². The van der Waals surface area contributed by atoms with Crippen molar-refractivity contribution < 1.29 is 94.7 Å². The Bertz CT molecular complexity index is 932. The van der Waals surface area contributed by atoms with Crippen molar-refractivity contribution in [3.05, 3.63) is 0 Å². The quantitative estimate of drug-likeness (QED) is 0.0862. The van der Waals surface area contributed by atoms with Gasteiger partial charge in [-0.2, -0.15) is 0 Å². The highest BCUT2D eigenvalue weighted by Crippen LogP contribution is 2.37. The minimum atomic E-state index is 0.369. The van der Waals surface area contributed by atoms with Crippen LogP contribution in [-0.4, -0.2) is 271 Å². The highest BCUT2D eigenvalue weighted by molar-refractivity contribution is 4.79. The molecule has 1 fully saturated rings. The molecule has 0 heterocycles. The molecule has 0 aromatic rings.